The van der Waals surface area contributed by atoms with Gasteiger partial charge in [-0.25, -0.2) is 0 Å². The molecule has 4 rings (SSSR count). The Morgan fingerprint density at radius 1 is 0.543 bits per heavy atom. The van der Waals surface area contributed by atoms with E-state index < -0.39 is 0 Å². The molecule has 0 fully saturated rings. The Morgan fingerprint density at radius 2 is 0.943 bits per heavy atom. The van der Waals surface area contributed by atoms with E-state index in [9.17, 15) is 10.2 Å². The second-order valence-electron chi connectivity index (χ2n) is 7.62. The van der Waals surface area contributed by atoms with Crippen LogP contribution in [-0.2, 0) is 0 Å². The number of rotatable bonds is 10. The summed E-state index contributed by atoms with van der Waals surface area (Å²) in [6.07, 6.45) is 4.04. The lowest BCUT2D eigenvalue weighted by Gasteiger charge is -2.11. The van der Waals surface area contributed by atoms with Crippen molar-refractivity contribution in [1.29, 1.82) is 0 Å². The molecule has 176 valence electrons. The maximum Gasteiger partial charge on any atom is 0.141 e. The van der Waals surface area contributed by atoms with Crippen LogP contribution in [0, 0.1) is 0 Å². The second-order valence-corrected chi connectivity index (χ2v) is 7.62. The van der Waals surface area contributed by atoms with Crippen molar-refractivity contribution in [2.24, 2.45) is 9.98 Å². The second kappa shape index (κ2) is 12.0. The minimum atomic E-state index is 0.130. The van der Waals surface area contributed by atoms with Crippen LogP contribution < -0.4 is 9.47 Å². The molecule has 0 amide bonds. The van der Waals surface area contributed by atoms with Gasteiger partial charge in [0, 0.05) is 30.0 Å². The number of nitrogens with zero attached hydrogens (tertiary/aromatic N) is 2. The molecule has 4 aromatic carbocycles. The first-order valence-corrected chi connectivity index (χ1v) is 11.3. The van der Waals surface area contributed by atoms with Crippen LogP contribution in [-0.4, -0.2) is 35.9 Å². The first kappa shape index (κ1) is 23.6. The van der Waals surface area contributed by atoms with Gasteiger partial charge in [0.15, 0.2) is 0 Å². The number of hydrogen-bond acceptors (Lipinski definition) is 6. The van der Waals surface area contributed by atoms with Crippen LogP contribution >= 0.6 is 0 Å². The fraction of sp³-hybridized carbons (Fsp3) is 0.103. The minimum Gasteiger partial charge on any atom is -0.506 e. The fourth-order valence-electron chi connectivity index (χ4n) is 3.29. The average molecular weight is 467 g/mol. The molecule has 0 aliphatic heterocycles. The van der Waals surface area contributed by atoms with Gasteiger partial charge in [-0.3, -0.25) is 9.98 Å². The van der Waals surface area contributed by atoms with E-state index in [-0.39, 0.29) is 11.5 Å². The molecular weight excluding hydrogens is 440 g/mol. The molecule has 0 spiro atoms. The molecule has 0 heterocycles. The smallest absolute Gasteiger partial charge is 0.141 e. The van der Waals surface area contributed by atoms with E-state index in [4.69, 9.17) is 9.47 Å². The van der Waals surface area contributed by atoms with E-state index in [1.165, 1.54) is 0 Å². The van der Waals surface area contributed by atoms with Gasteiger partial charge in [-0.2, -0.15) is 0 Å². The average Bonchev–Trinajstić information content (AvgIpc) is 2.89. The van der Waals surface area contributed by atoms with Gasteiger partial charge in [-0.15, -0.1) is 0 Å². The van der Waals surface area contributed by atoms with Crippen LogP contribution in [0.4, 0.5) is 11.4 Å². The van der Waals surface area contributed by atoms with Crippen molar-refractivity contribution in [3.63, 3.8) is 0 Å². The van der Waals surface area contributed by atoms with Gasteiger partial charge < -0.3 is 19.7 Å². The Bertz CT molecular complexity index is 1220. The van der Waals surface area contributed by atoms with Gasteiger partial charge in [0.25, 0.3) is 0 Å². The molecule has 6 heteroatoms. The molecule has 2 N–H and O–H groups in total. The summed E-state index contributed by atoms with van der Waals surface area (Å²) >= 11 is 0. The van der Waals surface area contributed by atoms with Gasteiger partial charge in [0.05, 0.1) is 13.2 Å². The fourth-order valence-corrected chi connectivity index (χ4v) is 3.29. The van der Waals surface area contributed by atoms with Crippen LogP contribution in [0.15, 0.2) is 107 Å². The van der Waals surface area contributed by atoms with E-state index in [1.54, 1.807) is 48.8 Å². The van der Waals surface area contributed by atoms with E-state index in [2.05, 4.69) is 9.98 Å². The lowest BCUT2D eigenvalue weighted by atomic mass is 10.2. The number of hydrogen-bond donors (Lipinski definition) is 2. The lowest BCUT2D eigenvalue weighted by Crippen LogP contribution is -2.07. The monoisotopic (exact) mass is 466 g/mol. The summed E-state index contributed by atoms with van der Waals surface area (Å²) in [7, 11) is 0. The Balaban J connectivity index is 1.31. The molecule has 0 saturated heterocycles. The maximum absolute atomic E-state index is 9.90. The molecule has 6 nitrogen and oxygen atoms in total. The van der Waals surface area contributed by atoms with E-state index in [1.807, 2.05) is 60.7 Å². The summed E-state index contributed by atoms with van der Waals surface area (Å²) in [5.74, 6) is 1.68. The van der Waals surface area contributed by atoms with Crippen molar-refractivity contribution in [2.75, 3.05) is 13.2 Å². The summed E-state index contributed by atoms with van der Waals surface area (Å²) in [6.45, 7) is 0.936. The van der Waals surface area contributed by atoms with Crippen molar-refractivity contribution in [3.8, 4) is 23.0 Å². The number of ether oxygens (including phenoxy) is 2. The zero-order valence-corrected chi connectivity index (χ0v) is 19.1. The Labute approximate surface area is 204 Å². The zero-order chi connectivity index (χ0) is 24.3. The molecule has 0 bridgehead atoms. The molecular formula is C29H26N2O4. The van der Waals surface area contributed by atoms with Crippen molar-refractivity contribution < 1.29 is 19.7 Å². The number of para-hydroxylation sites is 6. The highest BCUT2D eigenvalue weighted by Gasteiger charge is 2.04. The van der Waals surface area contributed by atoms with E-state index >= 15 is 0 Å². The Kier molecular flexibility index (Phi) is 8.11. The molecule has 0 aromatic heterocycles. The number of aromatic hydroxyl groups is 2. The first-order valence-electron chi connectivity index (χ1n) is 11.3. The summed E-state index contributed by atoms with van der Waals surface area (Å²) < 4.78 is 11.9. The molecule has 0 unspecified atom stereocenters. The summed E-state index contributed by atoms with van der Waals surface area (Å²) in [4.78, 5) is 8.73. The lowest BCUT2D eigenvalue weighted by molar-refractivity contribution is 0.247. The molecule has 0 radical (unpaired) electrons. The molecule has 0 atom stereocenters. The highest BCUT2D eigenvalue weighted by molar-refractivity contribution is 5.86. The number of phenols is 2. The van der Waals surface area contributed by atoms with Gasteiger partial charge in [-0.05, 0) is 48.5 Å². The van der Waals surface area contributed by atoms with E-state index in [0.29, 0.717) is 42.5 Å². The van der Waals surface area contributed by atoms with Crippen LogP contribution in [0.5, 0.6) is 23.0 Å². The zero-order valence-electron chi connectivity index (χ0n) is 19.1. The van der Waals surface area contributed by atoms with Crippen molar-refractivity contribution >= 4 is 23.8 Å². The predicted octanol–water partition coefficient (Wildman–Crippen LogP) is 6.45. The largest absolute Gasteiger partial charge is 0.506 e. The molecule has 35 heavy (non-hydrogen) atoms. The van der Waals surface area contributed by atoms with Crippen molar-refractivity contribution in [1.82, 2.24) is 0 Å². The van der Waals surface area contributed by atoms with Gasteiger partial charge in [0.1, 0.15) is 34.4 Å². The van der Waals surface area contributed by atoms with Gasteiger partial charge >= 0.3 is 0 Å². The maximum atomic E-state index is 9.90. The van der Waals surface area contributed by atoms with Crippen LogP contribution in [0.2, 0.25) is 0 Å². The molecule has 4 aromatic rings. The van der Waals surface area contributed by atoms with Gasteiger partial charge in [-0.1, -0.05) is 48.5 Å². The van der Waals surface area contributed by atoms with Crippen molar-refractivity contribution in [2.45, 2.75) is 6.42 Å². The standard InChI is InChI=1S/C29H26N2O4/c32-26-14-5-3-12-24(26)30-20-22-10-1-7-16-28(22)34-18-9-19-35-29-17-8-2-11-23(29)21-31-25-13-4-6-15-27(25)33/h1-8,10-17,20-21,32-33H,9,18-19H2. The first-order chi connectivity index (χ1) is 17.2. The topological polar surface area (TPSA) is 83.6 Å². The number of benzene rings is 4. The molecule has 0 saturated carbocycles. The summed E-state index contributed by atoms with van der Waals surface area (Å²) in [6, 6.07) is 29.1. The highest BCUT2D eigenvalue weighted by atomic mass is 16.5. The summed E-state index contributed by atoms with van der Waals surface area (Å²) in [5.41, 5.74) is 2.64. The molecule has 0 aliphatic carbocycles. The van der Waals surface area contributed by atoms with Gasteiger partial charge in [0.2, 0.25) is 0 Å². The molecule has 0 aliphatic rings. The van der Waals surface area contributed by atoms with Crippen LogP contribution in [0.25, 0.3) is 0 Å². The third-order valence-electron chi connectivity index (χ3n) is 5.09. The number of aliphatic imine (C=N–C) groups is 2. The third-order valence-corrected chi connectivity index (χ3v) is 5.09. The summed E-state index contributed by atoms with van der Waals surface area (Å²) in [5, 5.41) is 19.8. The SMILES string of the molecule is Oc1ccccc1N=Cc1ccccc1OCCCOc1ccccc1C=Nc1ccccc1O. The van der Waals surface area contributed by atoms with Crippen molar-refractivity contribution in [3.05, 3.63) is 108 Å². The quantitative estimate of drug-likeness (QED) is 0.208. The minimum absolute atomic E-state index is 0.130. The number of phenolic OH excluding ortho intramolecular Hbond substituents is 2. The highest BCUT2D eigenvalue weighted by Crippen LogP contribution is 2.27. The van der Waals surface area contributed by atoms with Crippen LogP contribution in [0.3, 0.4) is 0 Å². The van der Waals surface area contributed by atoms with Crippen LogP contribution in [0.1, 0.15) is 17.5 Å². The third kappa shape index (κ3) is 6.71. The predicted molar refractivity (Wildman–Crippen MR) is 139 cm³/mol. The normalized spacial score (nSPS) is 11.2. The van der Waals surface area contributed by atoms with E-state index in [0.717, 1.165) is 11.1 Å². The Morgan fingerprint density at radius 3 is 1.40 bits per heavy atom. The Hall–Kier alpha value is -4.58.